The average Bonchev–Trinajstić information content (AvgIpc) is 3.71. The van der Waals surface area contributed by atoms with Crippen LogP contribution >= 0.6 is 80.6 Å². The summed E-state index contributed by atoms with van der Waals surface area (Å²) in [5, 5.41) is 9.16. The van der Waals surface area contributed by atoms with Crippen molar-refractivity contribution in [2.75, 3.05) is 16.0 Å². The van der Waals surface area contributed by atoms with Gasteiger partial charge in [-0.25, -0.2) is 4.79 Å². The minimum Gasteiger partial charge on any atom is -0.433 e. The maximum absolute atomic E-state index is 13.2. The Kier molecular flexibility index (Phi) is 8.70. The van der Waals surface area contributed by atoms with E-state index in [1.807, 2.05) is 6.08 Å². The number of aryl methyl sites for hydroxylation is 1. The number of carbonyl (C=O) groups is 3. The molecule has 42 heavy (non-hydrogen) atoms. The van der Waals surface area contributed by atoms with Crippen molar-refractivity contribution in [1.82, 2.24) is 0 Å². The normalized spacial score (nSPS) is 21.6. The van der Waals surface area contributed by atoms with Gasteiger partial charge in [0.1, 0.15) is 4.33 Å². The lowest BCUT2D eigenvalue weighted by atomic mass is 10.1. The van der Waals surface area contributed by atoms with E-state index < -0.39 is 39.7 Å². The smallest absolute Gasteiger partial charge is 0.412 e. The molecule has 0 spiro atoms. The molecule has 3 aromatic rings. The maximum Gasteiger partial charge on any atom is 0.412 e. The van der Waals surface area contributed by atoms with Crippen LogP contribution in [0.5, 0.6) is 0 Å². The summed E-state index contributed by atoms with van der Waals surface area (Å²) in [6, 6.07) is 14.5. The van der Waals surface area contributed by atoms with Gasteiger partial charge in [-0.1, -0.05) is 40.9 Å². The van der Waals surface area contributed by atoms with Crippen LogP contribution in [0.15, 0.2) is 64.3 Å². The second-order valence-electron chi connectivity index (χ2n) is 10.1. The Bertz CT molecular complexity index is 1680. The fraction of sp³-hybridized carbons (Fsp3) is 0.207. The standard InChI is InChI=1S/C29H21Cl5IN3O4/c1-13-9-15(37-27(41)42-28(2)12-22(28)35)5-8-21(13)38-25(39)17-11-16(4-7-18(17)30)36-26(40)24-23(29(24,33)34)14-3-6-19(31)20(32)10-14/h3-12,23-24H,1-2H3,(H,36,40)(H,37,41)(H,38,39). The molecule has 3 atom stereocenters. The molecule has 2 aliphatic carbocycles. The molecular weight excluding hydrogens is 759 g/mol. The fourth-order valence-electron chi connectivity index (χ4n) is 4.46. The van der Waals surface area contributed by atoms with Gasteiger partial charge < -0.3 is 15.4 Å². The number of hydrogen-bond acceptors (Lipinski definition) is 4. The summed E-state index contributed by atoms with van der Waals surface area (Å²) in [4.78, 5) is 38.5. The molecule has 3 amide bonds. The van der Waals surface area contributed by atoms with Crippen LogP contribution in [0.25, 0.3) is 0 Å². The van der Waals surface area contributed by atoms with Crippen LogP contribution in [0.3, 0.4) is 0 Å². The number of carbonyl (C=O) groups excluding carboxylic acids is 3. The van der Waals surface area contributed by atoms with Crippen molar-refractivity contribution in [3.63, 3.8) is 0 Å². The van der Waals surface area contributed by atoms with Crippen molar-refractivity contribution >= 4 is 116 Å². The molecule has 0 aromatic heterocycles. The number of nitrogens with one attached hydrogen (secondary N) is 3. The molecule has 1 fully saturated rings. The number of hydrogen-bond donors (Lipinski definition) is 3. The molecule has 2 aliphatic rings. The van der Waals surface area contributed by atoms with Gasteiger partial charge >= 0.3 is 6.09 Å². The van der Waals surface area contributed by atoms with Crippen molar-refractivity contribution in [2.45, 2.75) is 29.7 Å². The first-order valence-corrected chi connectivity index (χ1v) is 15.4. The van der Waals surface area contributed by atoms with E-state index in [0.29, 0.717) is 38.2 Å². The highest BCUT2D eigenvalue weighted by molar-refractivity contribution is 14.1. The number of anilines is 3. The first-order valence-electron chi connectivity index (χ1n) is 12.4. The van der Waals surface area contributed by atoms with Crippen LogP contribution in [0.2, 0.25) is 15.1 Å². The zero-order valence-corrected chi connectivity index (χ0v) is 27.8. The topological polar surface area (TPSA) is 96.5 Å². The quantitative estimate of drug-likeness (QED) is 0.165. The third-order valence-electron chi connectivity index (χ3n) is 6.94. The van der Waals surface area contributed by atoms with Crippen LogP contribution in [0.4, 0.5) is 21.9 Å². The number of halogens is 6. The summed E-state index contributed by atoms with van der Waals surface area (Å²) >= 11 is 33.5. The number of alkyl halides is 2. The second-order valence-corrected chi connectivity index (χ2v) is 13.9. The van der Waals surface area contributed by atoms with Crippen LogP contribution in [-0.4, -0.2) is 27.8 Å². The van der Waals surface area contributed by atoms with Gasteiger partial charge in [-0.2, -0.15) is 0 Å². The van der Waals surface area contributed by atoms with E-state index in [1.54, 1.807) is 56.3 Å². The van der Waals surface area contributed by atoms with Gasteiger partial charge in [-0.15, -0.1) is 23.2 Å². The Morgan fingerprint density at radius 1 is 0.857 bits per heavy atom. The van der Waals surface area contributed by atoms with Crippen molar-refractivity contribution < 1.29 is 19.1 Å². The van der Waals surface area contributed by atoms with Gasteiger partial charge in [0.05, 0.1) is 26.5 Å². The van der Waals surface area contributed by atoms with Crippen LogP contribution in [0, 0.1) is 12.8 Å². The van der Waals surface area contributed by atoms with Gasteiger partial charge in [-0.3, -0.25) is 14.9 Å². The highest BCUT2D eigenvalue weighted by atomic mass is 127. The summed E-state index contributed by atoms with van der Waals surface area (Å²) in [5.41, 5.74) is 2.21. The van der Waals surface area contributed by atoms with Crippen LogP contribution in [0.1, 0.15) is 34.3 Å². The minimum absolute atomic E-state index is 0.138. The maximum atomic E-state index is 13.2. The summed E-state index contributed by atoms with van der Waals surface area (Å²) in [6.45, 7) is 3.58. The third kappa shape index (κ3) is 6.49. The van der Waals surface area contributed by atoms with Gasteiger partial charge in [-0.05, 0) is 102 Å². The van der Waals surface area contributed by atoms with E-state index in [0.717, 1.165) is 3.58 Å². The first kappa shape index (κ1) is 31.2. The van der Waals surface area contributed by atoms with Crippen molar-refractivity contribution in [1.29, 1.82) is 0 Å². The Hall–Kier alpha value is -2.21. The molecule has 3 unspecified atom stereocenters. The molecule has 0 radical (unpaired) electrons. The Morgan fingerprint density at radius 3 is 2.14 bits per heavy atom. The van der Waals surface area contributed by atoms with Gasteiger partial charge in [0.15, 0.2) is 5.60 Å². The zero-order valence-electron chi connectivity index (χ0n) is 21.8. The Labute approximate surface area is 280 Å². The molecule has 0 bridgehead atoms. The molecule has 3 aromatic carbocycles. The lowest BCUT2D eigenvalue weighted by Gasteiger charge is -2.15. The van der Waals surface area contributed by atoms with Gasteiger partial charge in [0.2, 0.25) is 5.91 Å². The summed E-state index contributed by atoms with van der Waals surface area (Å²) < 4.78 is 5.01. The molecule has 3 N–H and O–H groups in total. The summed E-state index contributed by atoms with van der Waals surface area (Å²) in [7, 11) is 0. The number of ether oxygens (including phenoxy) is 1. The van der Waals surface area contributed by atoms with Crippen molar-refractivity contribution in [3.05, 3.63) is 96.0 Å². The zero-order chi connectivity index (χ0) is 30.6. The molecule has 0 aliphatic heterocycles. The highest BCUT2D eigenvalue weighted by Crippen LogP contribution is 2.65. The van der Waals surface area contributed by atoms with Crippen molar-refractivity contribution in [2.24, 2.45) is 5.92 Å². The second kappa shape index (κ2) is 11.7. The van der Waals surface area contributed by atoms with Crippen molar-refractivity contribution in [3.8, 4) is 0 Å². The third-order valence-corrected chi connectivity index (χ3v) is 10.3. The number of rotatable bonds is 7. The Balaban J connectivity index is 1.24. The molecule has 1 saturated carbocycles. The minimum atomic E-state index is -1.34. The van der Waals surface area contributed by atoms with Crippen LogP contribution < -0.4 is 16.0 Å². The largest absolute Gasteiger partial charge is 0.433 e. The first-order chi connectivity index (χ1) is 19.7. The van der Waals surface area contributed by atoms with E-state index in [-0.39, 0.29) is 10.6 Å². The SMILES string of the molecule is Cc1cc(NC(=O)OC2(C)C=C2I)ccc1NC(=O)c1cc(NC(=O)C2C(c3ccc(Cl)c(Cl)c3)C2(Cl)Cl)ccc1Cl. The fourth-order valence-corrected chi connectivity index (χ4v) is 6.50. The Morgan fingerprint density at radius 2 is 1.50 bits per heavy atom. The predicted molar refractivity (Wildman–Crippen MR) is 177 cm³/mol. The molecule has 0 saturated heterocycles. The highest BCUT2D eigenvalue weighted by Gasteiger charge is 2.67. The monoisotopic (exact) mass is 777 g/mol. The average molecular weight is 780 g/mol. The molecule has 5 rings (SSSR count). The van der Waals surface area contributed by atoms with Gasteiger partial charge in [0.25, 0.3) is 5.91 Å². The van der Waals surface area contributed by atoms with E-state index in [1.165, 1.54) is 12.1 Å². The van der Waals surface area contributed by atoms with Gasteiger partial charge in [0, 0.05) is 26.6 Å². The lowest BCUT2D eigenvalue weighted by molar-refractivity contribution is -0.117. The molecule has 13 heteroatoms. The van der Waals surface area contributed by atoms with Crippen LogP contribution in [-0.2, 0) is 9.53 Å². The number of amides is 3. The molecule has 218 valence electrons. The molecule has 7 nitrogen and oxygen atoms in total. The van der Waals surface area contributed by atoms with E-state index in [2.05, 4.69) is 38.5 Å². The summed E-state index contributed by atoms with van der Waals surface area (Å²) in [6.07, 6.45) is 1.25. The molecular formula is C29H21Cl5IN3O4. The lowest BCUT2D eigenvalue weighted by Crippen LogP contribution is -2.23. The number of benzene rings is 3. The predicted octanol–water partition coefficient (Wildman–Crippen LogP) is 9.37. The summed E-state index contributed by atoms with van der Waals surface area (Å²) in [5.74, 6) is -2.18. The van der Waals surface area contributed by atoms with E-state index in [9.17, 15) is 14.4 Å². The molecule has 0 heterocycles. The van der Waals surface area contributed by atoms with E-state index in [4.69, 9.17) is 62.7 Å². The van der Waals surface area contributed by atoms with E-state index >= 15 is 0 Å².